The van der Waals surface area contributed by atoms with Gasteiger partial charge in [0, 0.05) is 5.69 Å². The molecule has 0 bridgehead atoms. The minimum atomic E-state index is -0.164. The maximum atomic E-state index is 11.9. The van der Waals surface area contributed by atoms with Crippen LogP contribution in [0.1, 0.15) is 27.2 Å². The highest BCUT2D eigenvalue weighted by Crippen LogP contribution is 2.15. The van der Waals surface area contributed by atoms with Gasteiger partial charge in [-0.05, 0) is 49.6 Å². The first kappa shape index (κ1) is 11.4. The first-order valence-corrected chi connectivity index (χ1v) is 5.46. The van der Waals surface area contributed by atoms with Gasteiger partial charge in [-0.15, -0.1) is 0 Å². The molecule has 0 atom stereocenters. The van der Waals surface area contributed by atoms with Gasteiger partial charge in [-0.3, -0.25) is 9.89 Å². The van der Waals surface area contributed by atoms with E-state index in [-0.39, 0.29) is 5.91 Å². The number of rotatable bonds is 2. The number of anilines is 1. The average molecular weight is 229 g/mol. The highest BCUT2D eigenvalue weighted by molar-refractivity contribution is 6.03. The molecular weight excluding hydrogens is 214 g/mol. The second kappa shape index (κ2) is 4.41. The molecule has 0 fully saturated rings. The monoisotopic (exact) mass is 229 g/mol. The Morgan fingerprint density at radius 3 is 2.53 bits per heavy atom. The Balaban J connectivity index is 2.19. The van der Waals surface area contributed by atoms with Gasteiger partial charge in [0.25, 0.3) is 5.91 Å². The van der Waals surface area contributed by atoms with Crippen LogP contribution in [0.5, 0.6) is 0 Å². The van der Waals surface area contributed by atoms with Crippen molar-refractivity contribution in [2.45, 2.75) is 20.8 Å². The van der Waals surface area contributed by atoms with Crippen LogP contribution >= 0.6 is 0 Å². The Hall–Kier alpha value is -2.10. The quantitative estimate of drug-likeness (QED) is 0.831. The molecule has 2 rings (SSSR count). The summed E-state index contributed by atoms with van der Waals surface area (Å²) in [6.45, 7) is 5.91. The van der Waals surface area contributed by atoms with Crippen molar-refractivity contribution >= 4 is 11.6 Å². The SMILES string of the molecule is Cc1ccc(NC(=O)c2[nH]ncc2C)cc1C. The van der Waals surface area contributed by atoms with Gasteiger partial charge in [-0.25, -0.2) is 0 Å². The van der Waals surface area contributed by atoms with E-state index >= 15 is 0 Å². The number of nitrogens with zero attached hydrogens (tertiary/aromatic N) is 1. The van der Waals surface area contributed by atoms with Crippen molar-refractivity contribution < 1.29 is 4.79 Å². The van der Waals surface area contributed by atoms with Gasteiger partial charge in [-0.1, -0.05) is 6.07 Å². The van der Waals surface area contributed by atoms with Gasteiger partial charge in [0.05, 0.1) is 6.20 Å². The van der Waals surface area contributed by atoms with Crippen molar-refractivity contribution in [1.29, 1.82) is 0 Å². The van der Waals surface area contributed by atoms with Gasteiger partial charge in [-0.2, -0.15) is 5.10 Å². The van der Waals surface area contributed by atoms with Crippen molar-refractivity contribution in [3.05, 3.63) is 46.8 Å². The van der Waals surface area contributed by atoms with Crippen molar-refractivity contribution in [3.8, 4) is 0 Å². The molecule has 0 spiro atoms. The van der Waals surface area contributed by atoms with Crippen LogP contribution in [0.3, 0.4) is 0 Å². The number of hydrogen-bond acceptors (Lipinski definition) is 2. The number of amides is 1. The highest BCUT2D eigenvalue weighted by Gasteiger charge is 2.11. The number of carbonyl (C=O) groups excluding carboxylic acids is 1. The number of aromatic nitrogens is 2. The van der Waals surface area contributed by atoms with E-state index < -0.39 is 0 Å². The first-order chi connectivity index (χ1) is 8.08. The molecule has 4 nitrogen and oxygen atoms in total. The van der Waals surface area contributed by atoms with E-state index in [0.29, 0.717) is 5.69 Å². The molecular formula is C13H15N3O. The van der Waals surface area contributed by atoms with E-state index in [1.165, 1.54) is 5.56 Å². The molecule has 17 heavy (non-hydrogen) atoms. The molecule has 0 radical (unpaired) electrons. The Morgan fingerprint density at radius 1 is 1.18 bits per heavy atom. The zero-order chi connectivity index (χ0) is 12.4. The van der Waals surface area contributed by atoms with Gasteiger partial charge >= 0.3 is 0 Å². The predicted molar refractivity (Wildman–Crippen MR) is 67.2 cm³/mol. The number of hydrogen-bond donors (Lipinski definition) is 2. The molecule has 1 amide bonds. The third-order valence-corrected chi connectivity index (χ3v) is 2.82. The van der Waals surface area contributed by atoms with Crippen molar-refractivity contribution in [1.82, 2.24) is 10.2 Å². The Bertz CT molecular complexity index is 558. The maximum absolute atomic E-state index is 11.9. The summed E-state index contributed by atoms with van der Waals surface area (Å²) in [6, 6.07) is 5.84. The molecule has 0 unspecified atom stereocenters. The summed E-state index contributed by atoms with van der Waals surface area (Å²) in [5.74, 6) is -0.164. The second-order valence-corrected chi connectivity index (χ2v) is 4.18. The lowest BCUT2D eigenvalue weighted by molar-refractivity contribution is 0.102. The molecule has 1 aromatic carbocycles. The van der Waals surface area contributed by atoms with Crippen molar-refractivity contribution in [3.63, 3.8) is 0 Å². The van der Waals surface area contributed by atoms with Crippen molar-refractivity contribution in [2.75, 3.05) is 5.32 Å². The van der Waals surface area contributed by atoms with Gasteiger partial charge in [0.1, 0.15) is 5.69 Å². The minimum Gasteiger partial charge on any atom is -0.321 e. The van der Waals surface area contributed by atoms with E-state index in [0.717, 1.165) is 16.8 Å². The number of H-pyrrole nitrogens is 1. The lowest BCUT2D eigenvalue weighted by Crippen LogP contribution is -2.13. The molecule has 1 aromatic heterocycles. The van der Waals surface area contributed by atoms with Crippen LogP contribution in [-0.4, -0.2) is 16.1 Å². The second-order valence-electron chi connectivity index (χ2n) is 4.18. The fraction of sp³-hybridized carbons (Fsp3) is 0.231. The normalized spacial score (nSPS) is 10.3. The smallest absolute Gasteiger partial charge is 0.273 e. The molecule has 0 aliphatic rings. The van der Waals surface area contributed by atoms with Crippen LogP contribution in [-0.2, 0) is 0 Å². The van der Waals surface area contributed by atoms with E-state index in [2.05, 4.69) is 15.5 Å². The molecule has 0 aliphatic carbocycles. The maximum Gasteiger partial charge on any atom is 0.273 e. The van der Waals surface area contributed by atoms with Crippen LogP contribution in [0.4, 0.5) is 5.69 Å². The van der Waals surface area contributed by atoms with Crippen LogP contribution in [0.25, 0.3) is 0 Å². The van der Waals surface area contributed by atoms with Crippen LogP contribution in [0.15, 0.2) is 24.4 Å². The lowest BCUT2D eigenvalue weighted by Gasteiger charge is -2.07. The summed E-state index contributed by atoms with van der Waals surface area (Å²) >= 11 is 0. The fourth-order valence-corrected chi connectivity index (χ4v) is 1.59. The standard InChI is InChI=1S/C13H15N3O/c1-8-4-5-11(6-9(8)2)15-13(17)12-10(3)7-14-16-12/h4-7H,1-3H3,(H,14,16)(H,15,17). The topological polar surface area (TPSA) is 57.8 Å². The third kappa shape index (κ3) is 2.36. The average Bonchev–Trinajstić information content (AvgIpc) is 2.70. The summed E-state index contributed by atoms with van der Waals surface area (Å²) in [6.07, 6.45) is 1.63. The van der Waals surface area contributed by atoms with Crippen molar-refractivity contribution in [2.24, 2.45) is 0 Å². The summed E-state index contributed by atoms with van der Waals surface area (Å²) < 4.78 is 0. The third-order valence-electron chi connectivity index (χ3n) is 2.82. The number of aryl methyl sites for hydroxylation is 3. The first-order valence-electron chi connectivity index (χ1n) is 5.46. The van der Waals surface area contributed by atoms with E-state index in [4.69, 9.17) is 0 Å². The molecule has 88 valence electrons. The van der Waals surface area contributed by atoms with Crippen LogP contribution < -0.4 is 5.32 Å². The number of benzene rings is 1. The van der Waals surface area contributed by atoms with E-state index in [1.807, 2.05) is 39.0 Å². The summed E-state index contributed by atoms with van der Waals surface area (Å²) in [5, 5.41) is 9.36. The van der Waals surface area contributed by atoms with Crippen LogP contribution in [0.2, 0.25) is 0 Å². The lowest BCUT2D eigenvalue weighted by atomic mass is 10.1. The molecule has 0 aliphatic heterocycles. The van der Waals surface area contributed by atoms with E-state index in [9.17, 15) is 4.79 Å². The predicted octanol–water partition coefficient (Wildman–Crippen LogP) is 2.59. The molecule has 0 saturated heterocycles. The zero-order valence-corrected chi connectivity index (χ0v) is 10.2. The summed E-state index contributed by atoms with van der Waals surface area (Å²) in [7, 11) is 0. The largest absolute Gasteiger partial charge is 0.321 e. The molecule has 2 N–H and O–H groups in total. The Labute approximate surface area is 100 Å². The number of aromatic amines is 1. The summed E-state index contributed by atoms with van der Waals surface area (Å²) in [5.41, 5.74) is 4.51. The zero-order valence-electron chi connectivity index (χ0n) is 10.2. The minimum absolute atomic E-state index is 0.164. The molecule has 2 aromatic rings. The highest BCUT2D eigenvalue weighted by atomic mass is 16.1. The van der Waals surface area contributed by atoms with Gasteiger partial charge in [0.2, 0.25) is 0 Å². The molecule has 4 heteroatoms. The Kier molecular flexibility index (Phi) is 2.95. The number of carbonyl (C=O) groups is 1. The van der Waals surface area contributed by atoms with Gasteiger partial charge < -0.3 is 5.32 Å². The van der Waals surface area contributed by atoms with Gasteiger partial charge in [0.15, 0.2) is 0 Å². The summed E-state index contributed by atoms with van der Waals surface area (Å²) in [4.78, 5) is 11.9. The molecule has 1 heterocycles. The van der Waals surface area contributed by atoms with Crippen LogP contribution in [0, 0.1) is 20.8 Å². The number of nitrogens with one attached hydrogen (secondary N) is 2. The Morgan fingerprint density at radius 2 is 1.94 bits per heavy atom. The molecule has 0 saturated carbocycles. The van der Waals surface area contributed by atoms with E-state index in [1.54, 1.807) is 6.20 Å². The fourth-order valence-electron chi connectivity index (χ4n) is 1.59.